The van der Waals surface area contributed by atoms with Gasteiger partial charge in [0.25, 0.3) is 0 Å². The van der Waals surface area contributed by atoms with Gasteiger partial charge in [0.05, 0.1) is 0 Å². The van der Waals surface area contributed by atoms with E-state index < -0.39 is 0 Å². The van der Waals surface area contributed by atoms with Crippen LogP contribution in [0, 0.1) is 24.2 Å². The summed E-state index contributed by atoms with van der Waals surface area (Å²) in [6.45, 7) is 16.0. The van der Waals surface area contributed by atoms with Crippen molar-refractivity contribution in [1.82, 2.24) is 0 Å². The normalized spacial score (nSPS) is 12.4. The summed E-state index contributed by atoms with van der Waals surface area (Å²) in [6.07, 6.45) is 31.3. The zero-order chi connectivity index (χ0) is 23.2. The molecule has 0 aromatic rings. The molecule has 0 fully saturated rings. The van der Waals surface area contributed by atoms with Crippen LogP contribution in [0.4, 0.5) is 0 Å². The minimum absolute atomic E-state index is 0.626. The van der Waals surface area contributed by atoms with E-state index in [2.05, 4.69) is 41.5 Å². The van der Waals surface area contributed by atoms with Gasteiger partial charge in [-0.05, 0) is 42.9 Å². The predicted octanol–water partition coefficient (Wildman–Crippen LogP) is 11.7. The SMILES string of the molecule is [CH2]CCCCCCC(CCCCCCC)(CC(CCC)CCC)CC(CCC)CCC. The van der Waals surface area contributed by atoms with Crippen molar-refractivity contribution >= 4 is 0 Å². The molecule has 1 radical (unpaired) electrons. The van der Waals surface area contributed by atoms with Crippen LogP contribution < -0.4 is 0 Å². The minimum atomic E-state index is 0.626. The van der Waals surface area contributed by atoms with Gasteiger partial charge in [0.1, 0.15) is 0 Å². The molecule has 0 spiro atoms. The van der Waals surface area contributed by atoms with Crippen molar-refractivity contribution in [2.45, 2.75) is 176 Å². The summed E-state index contributed by atoms with van der Waals surface area (Å²) in [6, 6.07) is 0. The topological polar surface area (TPSA) is 0 Å². The first kappa shape index (κ1) is 31.0. The fourth-order valence-electron chi connectivity index (χ4n) is 6.31. The quantitative estimate of drug-likeness (QED) is 0.132. The fourth-order valence-corrected chi connectivity index (χ4v) is 6.31. The molecule has 0 heteroatoms. The van der Waals surface area contributed by atoms with Crippen molar-refractivity contribution in [1.29, 1.82) is 0 Å². The highest BCUT2D eigenvalue weighted by Gasteiger charge is 2.34. The smallest absolute Gasteiger partial charge is 0.0292 e. The summed E-state index contributed by atoms with van der Waals surface area (Å²) in [7, 11) is 0. The van der Waals surface area contributed by atoms with E-state index in [0.717, 1.165) is 18.3 Å². The van der Waals surface area contributed by atoms with Gasteiger partial charge in [0, 0.05) is 0 Å². The first-order chi connectivity index (χ1) is 15.1. The number of hydrogen-bond donors (Lipinski definition) is 0. The second kappa shape index (κ2) is 21.8. The fraction of sp³-hybridized carbons (Fsp3) is 0.968. The molecule has 31 heavy (non-hydrogen) atoms. The van der Waals surface area contributed by atoms with Gasteiger partial charge < -0.3 is 0 Å². The van der Waals surface area contributed by atoms with Crippen molar-refractivity contribution in [3.63, 3.8) is 0 Å². The summed E-state index contributed by atoms with van der Waals surface area (Å²) >= 11 is 0. The molecule has 0 saturated heterocycles. The largest absolute Gasteiger partial charge is 0.0654 e. The molecular formula is C31H63. The Kier molecular flexibility index (Phi) is 21.8. The molecule has 0 nitrogen and oxygen atoms in total. The molecule has 0 unspecified atom stereocenters. The van der Waals surface area contributed by atoms with E-state index in [1.54, 1.807) is 0 Å². The van der Waals surface area contributed by atoms with Crippen LogP contribution in [0.3, 0.4) is 0 Å². The van der Waals surface area contributed by atoms with Crippen LogP contribution in [0.5, 0.6) is 0 Å². The lowest BCUT2D eigenvalue weighted by atomic mass is 9.65. The van der Waals surface area contributed by atoms with E-state index in [-0.39, 0.29) is 0 Å². The molecule has 0 aromatic carbocycles. The lowest BCUT2D eigenvalue weighted by Gasteiger charge is -2.40. The zero-order valence-electron chi connectivity index (χ0n) is 22.9. The summed E-state index contributed by atoms with van der Waals surface area (Å²) in [4.78, 5) is 0. The number of hydrogen-bond acceptors (Lipinski definition) is 0. The third-order valence-electron chi connectivity index (χ3n) is 7.75. The Morgan fingerprint density at radius 1 is 0.484 bits per heavy atom. The summed E-state index contributed by atoms with van der Waals surface area (Å²) < 4.78 is 0. The molecule has 0 N–H and O–H groups in total. The van der Waals surface area contributed by atoms with Gasteiger partial charge in [-0.2, -0.15) is 0 Å². The average molecular weight is 436 g/mol. The summed E-state index contributed by atoms with van der Waals surface area (Å²) in [5.41, 5.74) is 0.626. The van der Waals surface area contributed by atoms with Gasteiger partial charge >= 0.3 is 0 Å². The molecule has 0 aromatic heterocycles. The van der Waals surface area contributed by atoms with Crippen LogP contribution in [-0.2, 0) is 0 Å². The first-order valence-electron chi connectivity index (χ1n) is 14.9. The lowest BCUT2D eigenvalue weighted by Crippen LogP contribution is -2.28. The maximum absolute atomic E-state index is 4.06. The molecule has 0 aliphatic rings. The van der Waals surface area contributed by atoms with E-state index in [1.165, 1.54) is 135 Å². The molecular weight excluding hydrogens is 372 g/mol. The molecule has 0 amide bonds. The molecule has 0 saturated carbocycles. The van der Waals surface area contributed by atoms with Gasteiger partial charge in [-0.1, -0.05) is 157 Å². The Bertz CT molecular complexity index is 298. The molecule has 0 bridgehead atoms. The molecule has 0 heterocycles. The van der Waals surface area contributed by atoms with Crippen molar-refractivity contribution in [3.8, 4) is 0 Å². The first-order valence-corrected chi connectivity index (χ1v) is 14.9. The minimum Gasteiger partial charge on any atom is -0.0654 e. The standard InChI is InChI=1S/C31H63/c1-7-13-15-17-19-25-31(26-20-18-16-14-8-2,27-29(21-9-3)22-10-4)28-30(23-11-5)24-12-6/h29-30H,1,7-28H2,2-6H3. The highest BCUT2D eigenvalue weighted by molar-refractivity contribution is 4.85. The van der Waals surface area contributed by atoms with E-state index >= 15 is 0 Å². The maximum Gasteiger partial charge on any atom is -0.0292 e. The van der Waals surface area contributed by atoms with Gasteiger partial charge in [0.15, 0.2) is 0 Å². The third-order valence-corrected chi connectivity index (χ3v) is 7.75. The molecule has 187 valence electrons. The van der Waals surface area contributed by atoms with Gasteiger partial charge in [0.2, 0.25) is 0 Å². The Labute approximate surface area is 200 Å². The van der Waals surface area contributed by atoms with Crippen LogP contribution in [0.25, 0.3) is 0 Å². The summed E-state index contributed by atoms with van der Waals surface area (Å²) in [5.74, 6) is 1.93. The van der Waals surface area contributed by atoms with Crippen molar-refractivity contribution in [2.75, 3.05) is 0 Å². The number of rotatable bonds is 24. The monoisotopic (exact) mass is 435 g/mol. The van der Waals surface area contributed by atoms with Gasteiger partial charge in [-0.3, -0.25) is 0 Å². The number of unbranched alkanes of at least 4 members (excludes halogenated alkanes) is 8. The Hall–Kier alpha value is 0. The van der Waals surface area contributed by atoms with Crippen LogP contribution in [0.15, 0.2) is 0 Å². The molecule has 0 rings (SSSR count). The van der Waals surface area contributed by atoms with E-state index in [4.69, 9.17) is 0 Å². The average Bonchev–Trinajstić information content (AvgIpc) is 2.74. The third kappa shape index (κ3) is 16.3. The van der Waals surface area contributed by atoms with Crippen molar-refractivity contribution in [2.24, 2.45) is 17.3 Å². The van der Waals surface area contributed by atoms with E-state index in [0.29, 0.717) is 5.41 Å². The highest BCUT2D eigenvalue weighted by Crippen LogP contribution is 2.46. The second-order valence-electron chi connectivity index (χ2n) is 11.0. The Morgan fingerprint density at radius 2 is 0.871 bits per heavy atom. The highest BCUT2D eigenvalue weighted by atomic mass is 14.4. The van der Waals surface area contributed by atoms with Crippen molar-refractivity contribution < 1.29 is 0 Å². The Morgan fingerprint density at radius 3 is 1.23 bits per heavy atom. The van der Waals surface area contributed by atoms with E-state index in [9.17, 15) is 0 Å². The molecule has 0 atom stereocenters. The zero-order valence-corrected chi connectivity index (χ0v) is 22.9. The van der Waals surface area contributed by atoms with Crippen molar-refractivity contribution in [3.05, 3.63) is 6.92 Å². The maximum atomic E-state index is 4.06. The van der Waals surface area contributed by atoms with Crippen LogP contribution in [0.2, 0.25) is 0 Å². The van der Waals surface area contributed by atoms with Crippen LogP contribution in [-0.4, -0.2) is 0 Å². The second-order valence-corrected chi connectivity index (χ2v) is 11.0. The van der Waals surface area contributed by atoms with Crippen LogP contribution in [0.1, 0.15) is 176 Å². The predicted molar refractivity (Wildman–Crippen MR) is 145 cm³/mol. The van der Waals surface area contributed by atoms with Gasteiger partial charge in [-0.25, -0.2) is 0 Å². The molecule has 0 aliphatic heterocycles. The Balaban J connectivity index is 5.45. The van der Waals surface area contributed by atoms with E-state index in [1.807, 2.05) is 0 Å². The lowest BCUT2D eigenvalue weighted by molar-refractivity contribution is 0.110. The summed E-state index contributed by atoms with van der Waals surface area (Å²) in [5, 5.41) is 0. The van der Waals surface area contributed by atoms with Crippen LogP contribution >= 0.6 is 0 Å². The molecule has 0 aliphatic carbocycles. The van der Waals surface area contributed by atoms with Gasteiger partial charge in [-0.15, -0.1) is 0 Å².